The van der Waals surface area contributed by atoms with E-state index in [1.165, 1.54) is 11.1 Å². The van der Waals surface area contributed by atoms with Crippen molar-refractivity contribution in [3.05, 3.63) is 72.1 Å². The second-order valence-electron chi connectivity index (χ2n) is 8.48. The molecule has 0 aliphatic carbocycles. The van der Waals surface area contributed by atoms with Crippen molar-refractivity contribution >= 4 is 17.3 Å². The maximum atomic E-state index is 11.0. The molecule has 7 nitrogen and oxygen atoms in total. The van der Waals surface area contributed by atoms with Gasteiger partial charge in [0.1, 0.15) is 23.7 Å². The Morgan fingerprint density at radius 1 is 1.03 bits per heavy atom. The van der Waals surface area contributed by atoms with Crippen LogP contribution >= 0.6 is 0 Å². The van der Waals surface area contributed by atoms with Gasteiger partial charge in [-0.05, 0) is 36.1 Å². The number of ether oxygens (including phenoxy) is 1. The van der Waals surface area contributed by atoms with Crippen LogP contribution in [0.4, 0.5) is 17.3 Å². The zero-order valence-corrected chi connectivity index (χ0v) is 18.3. The van der Waals surface area contributed by atoms with Crippen LogP contribution in [0.1, 0.15) is 17.5 Å². The number of aromatic nitrogens is 2. The first-order valence-electron chi connectivity index (χ1n) is 11.2. The van der Waals surface area contributed by atoms with Gasteiger partial charge in [-0.15, -0.1) is 0 Å². The van der Waals surface area contributed by atoms with Crippen molar-refractivity contribution < 1.29 is 9.84 Å². The highest BCUT2D eigenvalue weighted by atomic mass is 16.5. The Morgan fingerprint density at radius 2 is 1.91 bits per heavy atom. The van der Waals surface area contributed by atoms with Gasteiger partial charge in [0.2, 0.25) is 0 Å². The summed E-state index contributed by atoms with van der Waals surface area (Å²) in [5.41, 5.74) is 3.73. The van der Waals surface area contributed by atoms with Crippen molar-refractivity contribution in [2.24, 2.45) is 0 Å². The summed E-state index contributed by atoms with van der Waals surface area (Å²) >= 11 is 0. The Kier molecular flexibility index (Phi) is 5.92. The maximum absolute atomic E-state index is 11.0. The maximum Gasteiger partial charge on any atom is 0.135 e. The van der Waals surface area contributed by atoms with E-state index in [-0.39, 0.29) is 6.04 Å². The van der Waals surface area contributed by atoms with Gasteiger partial charge < -0.3 is 20.1 Å². The lowest BCUT2D eigenvalue weighted by Gasteiger charge is -2.43. The Hall–Kier alpha value is -3.16. The van der Waals surface area contributed by atoms with Gasteiger partial charge in [0.15, 0.2) is 0 Å². The fourth-order valence-corrected chi connectivity index (χ4v) is 4.79. The van der Waals surface area contributed by atoms with Gasteiger partial charge >= 0.3 is 0 Å². The van der Waals surface area contributed by atoms with E-state index >= 15 is 0 Å². The molecular formula is C25H29N5O2. The number of β-amino-alcohol motifs (C(OH)–C–C–N with tert-alkyl or cyclic N) is 1. The molecule has 0 spiro atoms. The molecule has 1 fully saturated rings. The number of aliphatic hydroxyl groups excluding tert-OH is 1. The molecule has 2 aliphatic rings. The third-order valence-electron chi connectivity index (χ3n) is 6.49. The molecule has 1 saturated heterocycles. The number of anilines is 3. The lowest BCUT2D eigenvalue weighted by Crippen LogP contribution is -2.55. The topological polar surface area (TPSA) is 73.8 Å². The molecule has 2 aliphatic heterocycles. The second-order valence-corrected chi connectivity index (χ2v) is 8.48. The minimum absolute atomic E-state index is 0.177. The fourth-order valence-electron chi connectivity index (χ4n) is 4.79. The summed E-state index contributed by atoms with van der Waals surface area (Å²) in [5, 5.41) is 14.3. The highest BCUT2D eigenvalue weighted by Crippen LogP contribution is 2.28. The average Bonchev–Trinajstić information content (AvgIpc) is 2.84. The first kappa shape index (κ1) is 20.7. The lowest BCUT2D eigenvalue weighted by atomic mass is 9.94. The van der Waals surface area contributed by atoms with Crippen LogP contribution in [0.5, 0.6) is 5.75 Å². The molecule has 3 heterocycles. The van der Waals surface area contributed by atoms with Crippen LogP contribution in [-0.4, -0.2) is 58.9 Å². The lowest BCUT2D eigenvalue weighted by molar-refractivity contribution is 0.0293. The van der Waals surface area contributed by atoms with Gasteiger partial charge in [-0.3, -0.25) is 4.90 Å². The van der Waals surface area contributed by atoms with Gasteiger partial charge in [0, 0.05) is 50.0 Å². The summed E-state index contributed by atoms with van der Waals surface area (Å²) < 4.78 is 5.29. The molecule has 0 radical (unpaired) electrons. The van der Waals surface area contributed by atoms with Crippen molar-refractivity contribution in [2.45, 2.75) is 31.5 Å². The Morgan fingerprint density at radius 3 is 2.75 bits per heavy atom. The molecule has 5 rings (SSSR count). The molecule has 0 saturated carbocycles. The third kappa shape index (κ3) is 4.40. The summed E-state index contributed by atoms with van der Waals surface area (Å²) in [5.74, 6) is 2.33. The summed E-state index contributed by atoms with van der Waals surface area (Å²) in [6.45, 7) is 3.34. The molecule has 1 unspecified atom stereocenters. The van der Waals surface area contributed by atoms with E-state index in [2.05, 4.69) is 49.4 Å². The third-order valence-corrected chi connectivity index (χ3v) is 6.49. The van der Waals surface area contributed by atoms with E-state index < -0.39 is 6.10 Å². The summed E-state index contributed by atoms with van der Waals surface area (Å²) in [7, 11) is 1.65. The number of piperidine rings is 1. The fraction of sp³-hybridized carbons (Fsp3) is 0.360. The van der Waals surface area contributed by atoms with E-state index in [1.54, 1.807) is 13.4 Å². The molecule has 0 amide bonds. The molecule has 2 aromatic carbocycles. The quantitative estimate of drug-likeness (QED) is 0.643. The Labute approximate surface area is 188 Å². The Balaban J connectivity index is 1.24. The van der Waals surface area contributed by atoms with Crippen molar-refractivity contribution in [3.8, 4) is 5.75 Å². The smallest absolute Gasteiger partial charge is 0.135 e. The van der Waals surface area contributed by atoms with Gasteiger partial charge in [0.05, 0.1) is 13.2 Å². The number of aliphatic hydroxyl groups is 1. The molecule has 0 bridgehead atoms. The van der Waals surface area contributed by atoms with Crippen molar-refractivity contribution in [2.75, 3.05) is 37.0 Å². The van der Waals surface area contributed by atoms with E-state index in [1.807, 2.05) is 30.3 Å². The molecule has 166 valence electrons. The molecule has 32 heavy (non-hydrogen) atoms. The first-order chi connectivity index (χ1) is 15.7. The van der Waals surface area contributed by atoms with Crippen LogP contribution in [0.3, 0.4) is 0 Å². The minimum Gasteiger partial charge on any atom is -0.497 e. The predicted octanol–water partition coefficient (Wildman–Crippen LogP) is 3.23. The minimum atomic E-state index is -0.418. The zero-order chi connectivity index (χ0) is 21.9. The van der Waals surface area contributed by atoms with E-state index in [0.29, 0.717) is 12.4 Å². The number of hydrogen-bond acceptors (Lipinski definition) is 7. The molecule has 3 aromatic rings. The largest absolute Gasteiger partial charge is 0.497 e. The average molecular weight is 432 g/mol. The van der Waals surface area contributed by atoms with Crippen LogP contribution in [0.15, 0.2) is 60.9 Å². The van der Waals surface area contributed by atoms with Gasteiger partial charge in [0.25, 0.3) is 0 Å². The number of hydrogen-bond donors (Lipinski definition) is 2. The Bertz CT molecular complexity index is 1080. The number of benzene rings is 2. The van der Waals surface area contributed by atoms with Crippen LogP contribution in [0.25, 0.3) is 0 Å². The van der Waals surface area contributed by atoms with Crippen molar-refractivity contribution in [1.29, 1.82) is 0 Å². The highest BCUT2D eigenvalue weighted by molar-refractivity contribution is 5.61. The number of fused-ring (bicyclic) bond motifs is 1. The highest BCUT2D eigenvalue weighted by Gasteiger charge is 2.34. The van der Waals surface area contributed by atoms with Gasteiger partial charge in [-0.1, -0.05) is 30.3 Å². The van der Waals surface area contributed by atoms with Crippen LogP contribution in [-0.2, 0) is 13.0 Å². The van der Waals surface area contributed by atoms with Gasteiger partial charge in [-0.25, -0.2) is 9.97 Å². The zero-order valence-electron chi connectivity index (χ0n) is 18.3. The normalized spacial score (nSPS) is 21.1. The molecule has 2 atom stereocenters. The second kappa shape index (κ2) is 9.14. The summed E-state index contributed by atoms with van der Waals surface area (Å²) in [6, 6.07) is 18.5. The number of nitrogens with zero attached hydrogens (tertiary/aromatic N) is 4. The number of rotatable bonds is 5. The molecule has 1 aromatic heterocycles. The standard InChI is InChI=1S/C25H29N5O2/c1-32-21-8-4-7-20(13-21)28-24-14-25(27-17-26-24)30-12-10-22(23(31)16-30)29-11-9-18-5-2-3-6-19(18)15-29/h2-8,13-14,17,22-23,31H,9-12,15-16H2,1H3,(H,26,27,28)/t22?,23-/m0/s1. The number of nitrogens with one attached hydrogen (secondary N) is 1. The van der Waals surface area contributed by atoms with Gasteiger partial charge in [-0.2, -0.15) is 0 Å². The van der Waals surface area contributed by atoms with E-state index in [0.717, 1.165) is 49.7 Å². The molecular weight excluding hydrogens is 402 g/mol. The molecule has 2 N–H and O–H groups in total. The van der Waals surface area contributed by atoms with E-state index in [4.69, 9.17) is 4.74 Å². The van der Waals surface area contributed by atoms with Crippen LogP contribution in [0.2, 0.25) is 0 Å². The first-order valence-corrected chi connectivity index (χ1v) is 11.2. The van der Waals surface area contributed by atoms with E-state index in [9.17, 15) is 5.11 Å². The summed E-state index contributed by atoms with van der Waals surface area (Å²) in [4.78, 5) is 13.4. The predicted molar refractivity (Wildman–Crippen MR) is 125 cm³/mol. The van der Waals surface area contributed by atoms with Crippen LogP contribution < -0.4 is 15.0 Å². The number of methoxy groups -OCH3 is 1. The van der Waals surface area contributed by atoms with Crippen LogP contribution in [0, 0.1) is 0 Å². The summed E-state index contributed by atoms with van der Waals surface area (Å²) in [6.07, 6.45) is 3.11. The molecule has 7 heteroatoms. The monoisotopic (exact) mass is 431 g/mol. The SMILES string of the molecule is COc1cccc(Nc2cc(N3CCC(N4CCc5ccccc5C4)[C@@H](O)C3)ncn2)c1. The van der Waals surface area contributed by atoms with Crippen molar-refractivity contribution in [1.82, 2.24) is 14.9 Å². The van der Waals surface area contributed by atoms with Crippen molar-refractivity contribution in [3.63, 3.8) is 0 Å².